The van der Waals surface area contributed by atoms with Gasteiger partial charge in [0.25, 0.3) is 0 Å². The van der Waals surface area contributed by atoms with E-state index >= 15 is 0 Å². The fourth-order valence-electron chi connectivity index (χ4n) is 2.22. The summed E-state index contributed by atoms with van der Waals surface area (Å²) in [6, 6.07) is 9.47. The third-order valence-corrected chi connectivity index (χ3v) is 3.51. The topological polar surface area (TPSA) is 113 Å². The number of aromatic hydroxyl groups is 2. The van der Waals surface area contributed by atoms with Crippen LogP contribution >= 0.6 is 0 Å². The van der Waals surface area contributed by atoms with Crippen LogP contribution in [0.5, 0.6) is 11.5 Å². The lowest BCUT2D eigenvalue weighted by Crippen LogP contribution is -2.19. The number of para-hydroxylation sites is 2. The Balaban J connectivity index is 0.000000236. The zero-order valence-corrected chi connectivity index (χ0v) is 13.8. The molecule has 0 amide bonds. The minimum absolute atomic E-state index is 0.0764. The van der Waals surface area contributed by atoms with Crippen LogP contribution in [0.3, 0.4) is 0 Å². The van der Waals surface area contributed by atoms with Gasteiger partial charge in [0.05, 0.1) is 5.39 Å². The van der Waals surface area contributed by atoms with Crippen molar-refractivity contribution in [3.63, 3.8) is 0 Å². The molecule has 0 saturated heterocycles. The highest BCUT2D eigenvalue weighted by molar-refractivity contribution is 5.91. The minimum atomic E-state index is -1.21. The van der Waals surface area contributed by atoms with Crippen molar-refractivity contribution < 1.29 is 20.1 Å². The number of pyridine rings is 2. The zero-order chi connectivity index (χ0) is 18.6. The second kappa shape index (κ2) is 7.48. The molecule has 25 heavy (non-hydrogen) atoms. The Morgan fingerprint density at radius 3 is 2.20 bits per heavy atom. The fourth-order valence-corrected chi connectivity index (χ4v) is 2.22. The third kappa shape index (κ3) is 3.95. The maximum absolute atomic E-state index is 11.9. The van der Waals surface area contributed by atoms with E-state index < -0.39 is 11.4 Å². The van der Waals surface area contributed by atoms with Crippen molar-refractivity contribution >= 4 is 17.0 Å². The highest BCUT2D eigenvalue weighted by atomic mass is 16.4. The van der Waals surface area contributed by atoms with Crippen molar-refractivity contribution in [2.24, 2.45) is 0 Å². The van der Waals surface area contributed by atoms with Crippen LogP contribution in [0.1, 0.15) is 23.0 Å². The number of hydrogen-bond donors (Lipinski definition) is 3. The molecule has 2 heterocycles. The number of carbonyl (C=O) groups is 1. The first-order chi connectivity index (χ1) is 11.8. The van der Waals surface area contributed by atoms with Gasteiger partial charge in [0.1, 0.15) is 11.2 Å². The van der Waals surface area contributed by atoms with Gasteiger partial charge in [-0.3, -0.25) is 4.79 Å². The number of aromatic carboxylic acids is 1. The molecule has 0 bridgehead atoms. The number of rotatable bonds is 2. The first-order valence-corrected chi connectivity index (χ1v) is 7.56. The van der Waals surface area contributed by atoms with E-state index in [0.29, 0.717) is 17.6 Å². The number of hydrogen-bond acceptors (Lipinski definition) is 5. The summed E-state index contributed by atoms with van der Waals surface area (Å²) in [6.45, 7) is 4.27. The molecule has 0 spiro atoms. The highest BCUT2D eigenvalue weighted by Crippen LogP contribution is 2.21. The Kier molecular flexibility index (Phi) is 5.38. The number of carboxylic acid groups (broad SMARTS) is 1. The summed E-state index contributed by atoms with van der Waals surface area (Å²) in [5.74, 6) is -1.36. The maximum atomic E-state index is 11.9. The van der Waals surface area contributed by atoms with Crippen LogP contribution in [0.15, 0.2) is 47.4 Å². The molecule has 2 aromatic heterocycles. The highest BCUT2D eigenvalue weighted by Gasteiger charge is 2.14. The Morgan fingerprint density at radius 1 is 1.12 bits per heavy atom. The molecule has 7 nitrogen and oxygen atoms in total. The van der Waals surface area contributed by atoms with E-state index in [0.717, 1.165) is 5.69 Å². The normalized spacial score (nSPS) is 10.2. The molecule has 0 atom stereocenters. The molecule has 0 unspecified atom stereocenters. The molecular formula is C18H18N2O5. The molecule has 0 saturated carbocycles. The van der Waals surface area contributed by atoms with Crippen molar-refractivity contribution in [3.8, 4) is 11.5 Å². The van der Waals surface area contributed by atoms with E-state index in [1.165, 1.54) is 18.3 Å². The van der Waals surface area contributed by atoms with Crippen LogP contribution in [0, 0.1) is 6.92 Å². The molecule has 0 aliphatic heterocycles. The second-order valence-electron chi connectivity index (χ2n) is 5.28. The average molecular weight is 342 g/mol. The lowest BCUT2D eigenvalue weighted by atomic mass is 10.2. The smallest absolute Gasteiger partial charge is 0.341 e. The Hall–Kier alpha value is -3.35. The lowest BCUT2D eigenvalue weighted by molar-refractivity contribution is 0.0695. The van der Waals surface area contributed by atoms with Crippen molar-refractivity contribution in [1.29, 1.82) is 0 Å². The lowest BCUT2D eigenvalue weighted by Gasteiger charge is -2.09. The third-order valence-electron chi connectivity index (χ3n) is 3.51. The number of phenols is 2. The van der Waals surface area contributed by atoms with Gasteiger partial charge in [0.15, 0.2) is 11.5 Å². The summed E-state index contributed by atoms with van der Waals surface area (Å²) >= 11 is 0. The first-order valence-electron chi connectivity index (χ1n) is 7.56. The number of benzene rings is 1. The summed E-state index contributed by atoms with van der Waals surface area (Å²) in [7, 11) is 0. The summed E-state index contributed by atoms with van der Waals surface area (Å²) in [5.41, 5.74) is 0.624. The quantitative estimate of drug-likeness (QED) is 0.617. The van der Waals surface area contributed by atoms with Gasteiger partial charge >= 0.3 is 5.97 Å². The first kappa shape index (κ1) is 18.0. The van der Waals surface area contributed by atoms with Gasteiger partial charge in [-0.25, -0.2) is 9.78 Å². The van der Waals surface area contributed by atoms with Crippen molar-refractivity contribution in [1.82, 2.24) is 9.55 Å². The van der Waals surface area contributed by atoms with Crippen LogP contribution in [-0.2, 0) is 6.54 Å². The Bertz CT molecular complexity index is 958. The molecule has 3 aromatic rings. The number of carboxylic acids is 1. The Morgan fingerprint density at radius 2 is 1.72 bits per heavy atom. The van der Waals surface area contributed by atoms with Gasteiger partial charge in [0.2, 0.25) is 5.43 Å². The largest absolute Gasteiger partial charge is 0.504 e. The average Bonchev–Trinajstić information content (AvgIpc) is 2.58. The SMILES string of the molecule is CCn1cc(C(=O)O)c(=O)c2ccc(C)nc21.Oc1ccccc1O. The summed E-state index contributed by atoms with van der Waals surface area (Å²) in [4.78, 5) is 27.2. The molecule has 0 aliphatic rings. The van der Waals surface area contributed by atoms with Gasteiger partial charge in [-0.15, -0.1) is 0 Å². The van der Waals surface area contributed by atoms with Crippen molar-refractivity contribution in [3.05, 3.63) is 64.1 Å². The molecule has 3 rings (SSSR count). The van der Waals surface area contributed by atoms with Crippen LogP contribution in [0.2, 0.25) is 0 Å². The van der Waals surface area contributed by atoms with E-state index in [1.807, 2.05) is 13.8 Å². The monoisotopic (exact) mass is 342 g/mol. The number of nitrogens with zero attached hydrogens (tertiary/aromatic N) is 2. The summed E-state index contributed by atoms with van der Waals surface area (Å²) < 4.78 is 1.67. The molecular weight excluding hydrogens is 324 g/mol. The van der Waals surface area contributed by atoms with Crippen LogP contribution in [-0.4, -0.2) is 30.8 Å². The molecule has 0 fully saturated rings. The zero-order valence-electron chi connectivity index (χ0n) is 13.8. The number of aromatic nitrogens is 2. The van der Waals surface area contributed by atoms with Gasteiger partial charge in [0, 0.05) is 18.4 Å². The van der Waals surface area contributed by atoms with E-state index in [9.17, 15) is 9.59 Å². The molecule has 7 heteroatoms. The van der Waals surface area contributed by atoms with Crippen molar-refractivity contribution in [2.75, 3.05) is 0 Å². The van der Waals surface area contributed by atoms with E-state index in [4.69, 9.17) is 15.3 Å². The predicted molar refractivity (Wildman–Crippen MR) is 93.1 cm³/mol. The van der Waals surface area contributed by atoms with E-state index in [-0.39, 0.29) is 17.1 Å². The van der Waals surface area contributed by atoms with Gasteiger partial charge in [-0.2, -0.15) is 0 Å². The summed E-state index contributed by atoms with van der Waals surface area (Å²) in [6.07, 6.45) is 1.35. The molecule has 0 aliphatic carbocycles. The molecule has 3 N–H and O–H groups in total. The van der Waals surface area contributed by atoms with Gasteiger partial charge < -0.3 is 19.9 Å². The standard InChI is InChI=1S/C12H12N2O3.C6H6O2/c1-3-14-6-9(12(16)17)10(15)8-5-4-7(2)13-11(8)14;7-5-3-1-2-4-6(5)8/h4-6H,3H2,1-2H3,(H,16,17);1-4,7-8H. The Labute approximate surface area is 143 Å². The number of aryl methyl sites for hydroxylation is 2. The van der Waals surface area contributed by atoms with E-state index in [2.05, 4.69) is 4.98 Å². The second-order valence-corrected chi connectivity index (χ2v) is 5.28. The molecule has 0 radical (unpaired) electrons. The van der Waals surface area contributed by atoms with E-state index in [1.54, 1.807) is 28.8 Å². The number of fused-ring (bicyclic) bond motifs is 1. The number of phenolic OH excluding ortho intramolecular Hbond substituents is 2. The van der Waals surface area contributed by atoms with Crippen molar-refractivity contribution in [2.45, 2.75) is 20.4 Å². The predicted octanol–water partition coefficient (Wildman–Crippen LogP) is 2.52. The van der Waals surface area contributed by atoms with Gasteiger partial charge in [-0.1, -0.05) is 12.1 Å². The fraction of sp³-hybridized carbons (Fsp3) is 0.167. The van der Waals surface area contributed by atoms with Crippen LogP contribution in [0.4, 0.5) is 0 Å². The van der Waals surface area contributed by atoms with Gasteiger partial charge in [-0.05, 0) is 38.1 Å². The molecule has 130 valence electrons. The van der Waals surface area contributed by atoms with Crippen LogP contribution < -0.4 is 5.43 Å². The van der Waals surface area contributed by atoms with Crippen LogP contribution in [0.25, 0.3) is 11.0 Å². The maximum Gasteiger partial charge on any atom is 0.341 e. The molecule has 1 aromatic carbocycles. The minimum Gasteiger partial charge on any atom is -0.504 e. The summed E-state index contributed by atoms with van der Waals surface area (Å²) in [5, 5.41) is 26.6.